The fraction of sp³-hybridized carbons (Fsp3) is 0.391. The lowest BCUT2D eigenvalue weighted by molar-refractivity contribution is -0.129. The van der Waals surface area contributed by atoms with E-state index >= 15 is 0 Å². The third-order valence-corrected chi connectivity index (χ3v) is 5.36. The van der Waals surface area contributed by atoms with Crippen molar-refractivity contribution in [3.8, 4) is 11.1 Å². The molecular formula is C23H29ClN4O. The molecule has 6 heteroatoms. The van der Waals surface area contributed by atoms with Gasteiger partial charge in [-0.1, -0.05) is 54.9 Å². The van der Waals surface area contributed by atoms with E-state index in [0.29, 0.717) is 13.0 Å². The Morgan fingerprint density at radius 1 is 1.17 bits per heavy atom. The van der Waals surface area contributed by atoms with Crippen LogP contribution in [0.3, 0.4) is 0 Å². The first-order chi connectivity index (χ1) is 14.1. The average Bonchev–Trinajstić information content (AvgIpc) is 3.21. The Labute approximate surface area is 178 Å². The molecule has 3 rings (SSSR count). The van der Waals surface area contributed by atoms with Crippen LogP contribution in [0.2, 0.25) is 5.02 Å². The number of carbonyl (C=O) groups excluding carboxylic acids is 1. The van der Waals surface area contributed by atoms with Crippen LogP contribution in [0.1, 0.15) is 32.3 Å². The number of likely N-dealkylation sites (tertiary alicyclic amines) is 1. The number of carbonyl (C=O) groups is 1. The van der Waals surface area contributed by atoms with Gasteiger partial charge in [-0.3, -0.25) is 4.79 Å². The van der Waals surface area contributed by atoms with Crippen molar-refractivity contribution in [1.82, 2.24) is 15.5 Å². The van der Waals surface area contributed by atoms with Gasteiger partial charge in [-0.25, -0.2) is 4.99 Å². The second-order valence-corrected chi connectivity index (χ2v) is 7.62. The average molecular weight is 413 g/mol. The van der Waals surface area contributed by atoms with Gasteiger partial charge in [0.2, 0.25) is 5.91 Å². The van der Waals surface area contributed by atoms with Crippen LogP contribution >= 0.6 is 11.6 Å². The van der Waals surface area contributed by atoms with Crippen LogP contribution in [0.15, 0.2) is 53.5 Å². The van der Waals surface area contributed by atoms with Gasteiger partial charge in [-0.05, 0) is 42.2 Å². The Morgan fingerprint density at radius 2 is 1.93 bits per heavy atom. The summed E-state index contributed by atoms with van der Waals surface area (Å²) in [5.74, 6) is 1.00. The molecule has 1 heterocycles. The summed E-state index contributed by atoms with van der Waals surface area (Å²) < 4.78 is 0. The fourth-order valence-electron chi connectivity index (χ4n) is 3.58. The molecule has 1 aliphatic heterocycles. The molecule has 1 aliphatic rings. The number of nitrogens with zero attached hydrogens (tertiary/aromatic N) is 2. The summed E-state index contributed by atoms with van der Waals surface area (Å²) >= 11 is 6.03. The summed E-state index contributed by atoms with van der Waals surface area (Å²) in [7, 11) is 0. The minimum Gasteiger partial charge on any atom is -0.357 e. The molecule has 0 bridgehead atoms. The zero-order valence-electron chi connectivity index (χ0n) is 17.1. The largest absolute Gasteiger partial charge is 0.357 e. The standard InChI is InChI=1S/C23H29ClN4O/c1-3-22(29)28-14-13-20(16-28)27-23(25-4-2)26-15-18-7-5-6-8-21(18)17-9-11-19(24)12-10-17/h5-12,20H,3-4,13-16H2,1-2H3,(H2,25,26,27). The van der Waals surface area contributed by atoms with Gasteiger partial charge in [0.05, 0.1) is 6.54 Å². The highest BCUT2D eigenvalue weighted by atomic mass is 35.5. The van der Waals surface area contributed by atoms with E-state index in [2.05, 4.69) is 29.7 Å². The van der Waals surface area contributed by atoms with E-state index in [0.717, 1.165) is 53.7 Å². The molecule has 0 aromatic heterocycles. The predicted octanol–water partition coefficient (Wildman–Crippen LogP) is 4.07. The van der Waals surface area contributed by atoms with Gasteiger partial charge in [0.1, 0.15) is 0 Å². The Hall–Kier alpha value is -2.53. The molecule has 2 aromatic carbocycles. The number of guanidine groups is 1. The van der Waals surface area contributed by atoms with Crippen molar-refractivity contribution in [1.29, 1.82) is 0 Å². The zero-order valence-corrected chi connectivity index (χ0v) is 17.9. The van der Waals surface area contributed by atoms with Gasteiger partial charge in [-0.15, -0.1) is 0 Å². The van der Waals surface area contributed by atoms with Crippen molar-refractivity contribution >= 4 is 23.5 Å². The second-order valence-electron chi connectivity index (χ2n) is 7.18. The van der Waals surface area contributed by atoms with E-state index < -0.39 is 0 Å². The maximum atomic E-state index is 11.9. The molecule has 0 radical (unpaired) electrons. The number of nitrogens with one attached hydrogen (secondary N) is 2. The smallest absolute Gasteiger partial charge is 0.222 e. The third-order valence-electron chi connectivity index (χ3n) is 5.11. The molecule has 2 N–H and O–H groups in total. The van der Waals surface area contributed by atoms with Gasteiger partial charge >= 0.3 is 0 Å². The SMILES string of the molecule is CCNC(=NCc1ccccc1-c1ccc(Cl)cc1)NC1CCN(C(=O)CC)C1. The molecule has 1 fully saturated rings. The Kier molecular flexibility index (Phi) is 7.53. The summed E-state index contributed by atoms with van der Waals surface area (Å²) in [4.78, 5) is 18.7. The van der Waals surface area contributed by atoms with E-state index in [4.69, 9.17) is 16.6 Å². The molecular weight excluding hydrogens is 384 g/mol. The Morgan fingerprint density at radius 3 is 2.66 bits per heavy atom. The van der Waals surface area contributed by atoms with Crippen LogP contribution in [-0.2, 0) is 11.3 Å². The number of rotatable bonds is 6. The minimum absolute atomic E-state index is 0.216. The van der Waals surface area contributed by atoms with Crippen molar-refractivity contribution in [3.05, 3.63) is 59.1 Å². The van der Waals surface area contributed by atoms with Crippen LogP contribution in [0.4, 0.5) is 0 Å². The first kappa shape index (κ1) is 21.2. The first-order valence-electron chi connectivity index (χ1n) is 10.3. The van der Waals surface area contributed by atoms with Gasteiger partial charge in [0.25, 0.3) is 0 Å². The van der Waals surface area contributed by atoms with Gasteiger partial charge in [-0.2, -0.15) is 0 Å². The Bertz CT molecular complexity index is 850. The number of hydrogen-bond acceptors (Lipinski definition) is 2. The van der Waals surface area contributed by atoms with Crippen LogP contribution in [0, 0.1) is 0 Å². The summed E-state index contributed by atoms with van der Waals surface area (Å²) in [6, 6.07) is 16.4. The number of amides is 1. The predicted molar refractivity (Wildman–Crippen MR) is 120 cm³/mol. The zero-order chi connectivity index (χ0) is 20.6. The molecule has 1 atom stereocenters. The van der Waals surface area contributed by atoms with Gasteiger partial charge < -0.3 is 15.5 Å². The summed E-state index contributed by atoms with van der Waals surface area (Å²) in [6.07, 6.45) is 1.50. The normalized spacial score (nSPS) is 16.7. The highest BCUT2D eigenvalue weighted by Crippen LogP contribution is 2.25. The van der Waals surface area contributed by atoms with E-state index in [-0.39, 0.29) is 11.9 Å². The maximum Gasteiger partial charge on any atom is 0.222 e. The van der Waals surface area contributed by atoms with Crippen molar-refractivity contribution in [3.63, 3.8) is 0 Å². The summed E-state index contributed by atoms with van der Waals surface area (Å²) in [5, 5.41) is 7.54. The monoisotopic (exact) mass is 412 g/mol. The van der Waals surface area contributed by atoms with E-state index in [1.165, 1.54) is 0 Å². The highest BCUT2D eigenvalue weighted by molar-refractivity contribution is 6.30. The number of aliphatic imine (C=N–C) groups is 1. The Balaban J connectivity index is 1.71. The lowest BCUT2D eigenvalue weighted by atomic mass is 10.00. The number of halogens is 1. The van der Waals surface area contributed by atoms with Crippen molar-refractivity contribution < 1.29 is 4.79 Å². The first-order valence-corrected chi connectivity index (χ1v) is 10.6. The van der Waals surface area contributed by atoms with Crippen LogP contribution in [-0.4, -0.2) is 42.4 Å². The maximum absolute atomic E-state index is 11.9. The number of benzene rings is 2. The fourth-order valence-corrected chi connectivity index (χ4v) is 3.70. The van der Waals surface area contributed by atoms with Crippen molar-refractivity contribution in [2.75, 3.05) is 19.6 Å². The molecule has 154 valence electrons. The quantitative estimate of drug-likeness (QED) is 0.555. The lowest BCUT2D eigenvalue weighted by Gasteiger charge is -2.19. The van der Waals surface area contributed by atoms with E-state index in [9.17, 15) is 4.79 Å². The molecule has 0 aliphatic carbocycles. The molecule has 0 spiro atoms. The van der Waals surface area contributed by atoms with Crippen LogP contribution in [0.5, 0.6) is 0 Å². The molecule has 0 saturated carbocycles. The minimum atomic E-state index is 0.216. The molecule has 5 nitrogen and oxygen atoms in total. The highest BCUT2D eigenvalue weighted by Gasteiger charge is 2.25. The molecule has 1 amide bonds. The topological polar surface area (TPSA) is 56.7 Å². The van der Waals surface area contributed by atoms with Crippen molar-refractivity contribution in [2.45, 2.75) is 39.3 Å². The van der Waals surface area contributed by atoms with Crippen LogP contribution in [0.25, 0.3) is 11.1 Å². The van der Waals surface area contributed by atoms with Crippen molar-refractivity contribution in [2.24, 2.45) is 4.99 Å². The molecule has 1 unspecified atom stereocenters. The molecule has 29 heavy (non-hydrogen) atoms. The molecule has 2 aromatic rings. The van der Waals surface area contributed by atoms with Crippen LogP contribution < -0.4 is 10.6 Å². The number of hydrogen-bond donors (Lipinski definition) is 2. The lowest BCUT2D eigenvalue weighted by Crippen LogP contribution is -2.45. The molecule has 1 saturated heterocycles. The van der Waals surface area contributed by atoms with E-state index in [1.807, 2.05) is 48.2 Å². The summed E-state index contributed by atoms with van der Waals surface area (Å²) in [6.45, 7) is 6.86. The third kappa shape index (κ3) is 5.73. The van der Waals surface area contributed by atoms with Gasteiger partial charge in [0.15, 0.2) is 5.96 Å². The van der Waals surface area contributed by atoms with E-state index in [1.54, 1.807) is 0 Å². The van der Waals surface area contributed by atoms with Gasteiger partial charge in [0, 0.05) is 37.1 Å². The summed E-state index contributed by atoms with van der Waals surface area (Å²) in [5.41, 5.74) is 3.44. The second kappa shape index (κ2) is 10.3.